The van der Waals surface area contributed by atoms with Crippen LogP contribution in [0.15, 0.2) is 59.5 Å². The van der Waals surface area contributed by atoms with Crippen molar-refractivity contribution in [1.82, 2.24) is 0 Å². The number of hydrogen-bond donors (Lipinski definition) is 1. The maximum absolute atomic E-state index is 5.63. The van der Waals surface area contributed by atoms with E-state index in [1.54, 1.807) is 0 Å². The lowest BCUT2D eigenvalue weighted by atomic mass is 10.1. The van der Waals surface area contributed by atoms with Crippen LogP contribution in [0.4, 0.5) is 0 Å². The Morgan fingerprint density at radius 2 is 1.59 bits per heavy atom. The summed E-state index contributed by atoms with van der Waals surface area (Å²) in [6, 6.07) is 19.1. The number of nitrogens with two attached hydrogens (primary N) is 1. The van der Waals surface area contributed by atoms with Crippen LogP contribution < -0.4 is 5.73 Å². The highest BCUT2D eigenvalue weighted by molar-refractivity contribution is 7.98. The van der Waals surface area contributed by atoms with Crippen LogP contribution in [0.25, 0.3) is 0 Å². The minimum Gasteiger partial charge on any atom is -0.330 e. The molecule has 0 atom stereocenters. The number of thioether (sulfide) groups is 1. The molecule has 0 saturated carbocycles. The maximum Gasteiger partial charge on any atom is 0.0232 e. The first-order chi connectivity index (χ1) is 8.40. The third-order valence-corrected chi connectivity index (χ3v) is 3.81. The molecule has 0 heterocycles. The van der Waals surface area contributed by atoms with Crippen LogP contribution in [0.2, 0.25) is 0 Å². The summed E-state index contributed by atoms with van der Waals surface area (Å²) < 4.78 is 0. The molecule has 0 amide bonds. The highest BCUT2D eigenvalue weighted by Gasteiger charge is 2.01. The SMILES string of the molecule is NCCc1ccccc1SCc1ccccc1. The molecular formula is C15H17NS. The predicted molar refractivity (Wildman–Crippen MR) is 75.2 cm³/mol. The fraction of sp³-hybridized carbons (Fsp3) is 0.200. The van der Waals surface area contributed by atoms with Crippen LogP contribution in [0.5, 0.6) is 0 Å². The first-order valence-corrected chi connectivity index (χ1v) is 6.83. The van der Waals surface area contributed by atoms with Crippen LogP contribution >= 0.6 is 11.8 Å². The monoisotopic (exact) mass is 243 g/mol. The van der Waals surface area contributed by atoms with Gasteiger partial charge in [-0.15, -0.1) is 11.8 Å². The molecule has 17 heavy (non-hydrogen) atoms. The molecule has 0 aromatic heterocycles. The summed E-state index contributed by atoms with van der Waals surface area (Å²) in [5.74, 6) is 1.02. The molecule has 0 spiro atoms. The fourth-order valence-electron chi connectivity index (χ4n) is 1.74. The molecule has 0 radical (unpaired) electrons. The van der Waals surface area contributed by atoms with E-state index in [9.17, 15) is 0 Å². The van der Waals surface area contributed by atoms with Crippen LogP contribution in [-0.4, -0.2) is 6.54 Å². The van der Waals surface area contributed by atoms with Crippen molar-refractivity contribution in [2.45, 2.75) is 17.1 Å². The molecule has 0 saturated heterocycles. The Morgan fingerprint density at radius 1 is 0.882 bits per heavy atom. The molecule has 2 aromatic rings. The van der Waals surface area contributed by atoms with E-state index < -0.39 is 0 Å². The van der Waals surface area contributed by atoms with Gasteiger partial charge in [-0.25, -0.2) is 0 Å². The van der Waals surface area contributed by atoms with E-state index in [1.807, 2.05) is 11.8 Å². The van der Waals surface area contributed by atoms with E-state index >= 15 is 0 Å². The zero-order valence-electron chi connectivity index (χ0n) is 9.80. The Balaban J connectivity index is 2.03. The highest BCUT2D eigenvalue weighted by Crippen LogP contribution is 2.26. The number of benzene rings is 2. The van der Waals surface area contributed by atoms with Crippen LogP contribution in [0.3, 0.4) is 0 Å². The molecule has 0 unspecified atom stereocenters. The van der Waals surface area contributed by atoms with E-state index in [1.165, 1.54) is 16.0 Å². The molecule has 0 bridgehead atoms. The molecule has 0 aliphatic heterocycles. The van der Waals surface area contributed by atoms with Crippen molar-refractivity contribution < 1.29 is 0 Å². The van der Waals surface area contributed by atoms with Gasteiger partial charge in [-0.3, -0.25) is 0 Å². The topological polar surface area (TPSA) is 26.0 Å². The zero-order valence-corrected chi connectivity index (χ0v) is 10.6. The van der Waals surface area contributed by atoms with Gasteiger partial charge in [0.2, 0.25) is 0 Å². The first kappa shape index (κ1) is 12.2. The van der Waals surface area contributed by atoms with Gasteiger partial charge >= 0.3 is 0 Å². The summed E-state index contributed by atoms with van der Waals surface area (Å²) in [5, 5.41) is 0. The molecule has 2 N–H and O–H groups in total. The maximum atomic E-state index is 5.63. The lowest BCUT2D eigenvalue weighted by molar-refractivity contribution is 0.944. The summed E-state index contributed by atoms with van der Waals surface area (Å²) in [6.45, 7) is 0.711. The van der Waals surface area contributed by atoms with Crippen molar-refractivity contribution in [3.8, 4) is 0 Å². The van der Waals surface area contributed by atoms with E-state index in [0.717, 1.165) is 12.2 Å². The number of rotatable bonds is 5. The summed E-state index contributed by atoms with van der Waals surface area (Å²) >= 11 is 1.88. The second-order valence-corrected chi connectivity index (χ2v) is 4.94. The molecule has 88 valence electrons. The molecule has 0 fully saturated rings. The summed E-state index contributed by atoms with van der Waals surface area (Å²) in [6.07, 6.45) is 0.956. The molecule has 2 aromatic carbocycles. The Labute approximate surface area is 107 Å². The Bertz CT molecular complexity index is 453. The standard InChI is InChI=1S/C15H17NS/c16-11-10-14-8-4-5-9-15(14)17-12-13-6-2-1-3-7-13/h1-9H,10-12,16H2. The van der Waals surface area contributed by atoms with Crippen molar-refractivity contribution in [3.05, 3.63) is 65.7 Å². The van der Waals surface area contributed by atoms with Gasteiger partial charge in [0.1, 0.15) is 0 Å². The summed E-state index contributed by atoms with van der Waals surface area (Å²) in [7, 11) is 0. The van der Waals surface area contributed by atoms with E-state index in [2.05, 4.69) is 54.6 Å². The van der Waals surface area contributed by atoms with E-state index in [0.29, 0.717) is 6.54 Å². The quantitative estimate of drug-likeness (QED) is 0.814. The van der Waals surface area contributed by atoms with Crippen LogP contribution in [-0.2, 0) is 12.2 Å². The van der Waals surface area contributed by atoms with Crippen molar-refractivity contribution in [2.75, 3.05) is 6.54 Å². The Kier molecular flexibility index (Phi) is 4.65. The lowest BCUT2D eigenvalue weighted by Gasteiger charge is -2.08. The minimum atomic E-state index is 0.711. The molecule has 0 aliphatic carbocycles. The van der Waals surface area contributed by atoms with Gasteiger partial charge in [0, 0.05) is 10.6 Å². The Hall–Kier alpha value is -1.25. The van der Waals surface area contributed by atoms with Crippen molar-refractivity contribution in [1.29, 1.82) is 0 Å². The zero-order chi connectivity index (χ0) is 11.9. The van der Waals surface area contributed by atoms with Gasteiger partial charge < -0.3 is 5.73 Å². The smallest absolute Gasteiger partial charge is 0.0232 e. The van der Waals surface area contributed by atoms with Crippen molar-refractivity contribution >= 4 is 11.8 Å². The molecule has 2 rings (SSSR count). The minimum absolute atomic E-state index is 0.711. The van der Waals surface area contributed by atoms with Crippen LogP contribution in [0.1, 0.15) is 11.1 Å². The van der Waals surface area contributed by atoms with Crippen LogP contribution in [0, 0.1) is 0 Å². The second-order valence-electron chi connectivity index (χ2n) is 3.92. The lowest BCUT2D eigenvalue weighted by Crippen LogP contribution is -2.03. The first-order valence-electron chi connectivity index (χ1n) is 5.85. The fourth-order valence-corrected chi connectivity index (χ4v) is 2.79. The van der Waals surface area contributed by atoms with Gasteiger partial charge in [-0.2, -0.15) is 0 Å². The molecule has 1 nitrogen and oxygen atoms in total. The third-order valence-electron chi connectivity index (χ3n) is 2.62. The largest absolute Gasteiger partial charge is 0.330 e. The van der Waals surface area contributed by atoms with Crippen molar-refractivity contribution in [2.24, 2.45) is 5.73 Å². The van der Waals surface area contributed by atoms with Gasteiger partial charge in [0.15, 0.2) is 0 Å². The molecule has 0 aliphatic rings. The normalized spacial score (nSPS) is 10.4. The van der Waals surface area contributed by atoms with Gasteiger partial charge in [0.25, 0.3) is 0 Å². The summed E-state index contributed by atoms with van der Waals surface area (Å²) in [4.78, 5) is 1.35. The Morgan fingerprint density at radius 3 is 2.35 bits per heavy atom. The predicted octanol–water partition coefficient (Wildman–Crippen LogP) is 3.48. The van der Waals surface area contributed by atoms with E-state index in [-0.39, 0.29) is 0 Å². The highest BCUT2D eigenvalue weighted by atomic mass is 32.2. The van der Waals surface area contributed by atoms with E-state index in [4.69, 9.17) is 5.73 Å². The number of hydrogen-bond acceptors (Lipinski definition) is 2. The summed E-state index contributed by atoms with van der Waals surface area (Å²) in [5.41, 5.74) is 8.35. The molecule has 2 heteroatoms. The van der Waals surface area contributed by atoms with Crippen molar-refractivity contribution in [3.63, 3.8) is 0 Å². The average Bonchev–Trinajstić information content (AvgIpc) is 2.39. The van der Waals surface area contributed by atoms with Gasteiger partial charge in [-0.05, 0) is 30.2 Å². The average molecular weight is 243 g/mol. The second kappa shape index (κ2) is 6.48. The van der Waals surface area contributed by atoms with Gasteiger partial charge in [0.05, 0.1) is 0 Å². The molecular weight excluding hydrogens is 226 g/mol. The van der Waals surface area contributed by atoms with Gasteiger partial charge in [-0.1, -0.05) is 48.5 Å². The third kappa shape index (κ3) is 3.62.